The summed E-state index contributed by atoms with van der Waals surface area (Å²) in [7, 11) is 9.78. The number of benzene rings is 2. The fourth-order valence-electron chi connectivity index (χ4n) is 2.16. The van der Waals surface area contributed by atoms with Crippen molar-refractivity contribution >= 4 is 30.5 Å². The maximum absolute atomic E-state index is 13.6. The van der Waals surface area contributed by atoms with Gasteiger partial charge in [-0.1, -0.05) is 26.0 Å². The molecule has 0 fully saturated rings. The average molecular weight is 462 g/mol. The van der Waals surface area contributed by atoms with E-state index in [0.29, 0.717) is 12.0 Å². The third-order valence-corrected chi connectivity index (χ3v) is 3.30. The summed E-state index contributed by atoms with van der Waals surface area (Å²) in [4.78, 5) is 3.34. The normalized spacial score (nSPS) is 10.9. The molecule has 2 aromatic carbocycles. The van der Waals surface area contributed by atoms with E-state index in [1.807, 2.05) is 13.8 Å². The van der Waals surface area contributed by atoms with Crippen LogP contribution in [-0.2, 0) is 23.5 Å². The molecule has 2 nitrogen and oxygen atoms in total. The fourth-order valence-corrected chi connectivity index (χ4v) is 2.16. The molecule has 0 amide bonds. The predicted molar refractivity (Wildman–Crippen MR) is 91.8 cm³/mol. The van der Waals surface area contributed by atoms with Crippen molar-refractivity contribution in [1.82, 2.24) is 0 Å². The van der Waals surface area contributed by atoms with Crippen LogP contribution in [0.2, 0.25) is 0 Å². The van der Waals surface area contributed by atoms with Gasteiger partial charge in [0, 0.05) is 11.8 Å². The first-order valence-electron chi connectivity index (χ1n) is 7.48. The summed E-state index contributed by atoms with van der Waals surface area (Å²) < 4.78 is 66.4. The van der Waals surface area contributed by atoms with Crippen molar-refractivity contribution in [2.45, 2.75) is 20.3 Å². The van der Waals surface area contributed by atoms with Gasteiger partial charge in [0.1, 0.15) is 11.4 Å². The number of phenols is 1. The topological polar surface area (TPSA) is 32.6 Å². The monoisotopic (exact) mass is 461 g/mol. The van der Waals surface area contributed by atoms with Crippen molar-refractivity contribution in [2.75, 3.05) is 0 Å². The van der Waals surface area contributed by atoms with Gasteiger partial charge in [-0.3, -0.25) is 0 Å². The van der Waals surface area contributed by atoms with E-state index in [4.69, 9.17) is 18.6 Å². The van der Waals surface area contributed by atoms with Gasteiger partial charge in [-0.15, -0.1) is 0 Å². The van der Waals surface area contributed by atoms with E-state index in [1.165, 1.54) is 6.07 Å². The molecule has 0 aliphatic heterocycles. The minimum absolute atomic E-state index is 0.108. The number of aliphatic imine (C=N–C) groups is 1. The maximum atomic E-state index is 13.6. The van der Waals surface area contributed by atoms with Gasteiger partial charge in [0.2, 0.25) is 5.82 Å². The molecule has 10 heteroatoms. The molecule has 146 valence electrons. The Morgan fingerprint density at radius 3 is 1.96 bits per heavy atom. The summed E-state index contributed by atoms with van der Waals surface area (Å²) in [6.45, 7) is 3.88. The Morgan fingerprint density at radius 1 is 1.00 bits per heavy atom. The summed E-state index contributed by atoms with van der Waals surface area (Å²) in [6, 6.07) is 4.68. The number of phenolic OH excluding ortho intramolecular Hbond substituents is 1. The van der Waals surface area contributed by atoms with Crippen molar-refractivity contribution in [3.63, 3.8) is 0 Å². The van der Waals surface area contributed by atoms with E-state index in [-0.39, 0.29) is 17.2 Å². The summed E-state index contributed by atoms with van der Waals surface area (Å²) in [5, 5.41) is 10.1. The Balaban J connectivity index is 0.00000114. The van der Waals surface area contributed by atoms with Crippen molar-refractivity contribution in [3.05, 3.63) is 58.4 Å². The van der Waals surface area contributed by atoms with Crippen LogP contribution >= 0.6 is 18.6 Å². The Kier molecular flexibility index (Phi) is 9.74. The van der Waals surface area contributed by atoms with Crippen LogP contribution in [0.15, 0.2) is 23.2 Å². The summed E-state index contributed by atoms with van der Waals surface area (Å²) in [6.07, 6.45) is 1.41. The second kappa shape index (κ2) is 11.0. The molecule has 0 radical (unpaired) electrons. The van der Waals surface area contributed by atoms with Gasteiger partial charge >= 0.3 is 35.6 Å². The Morgan fingerprint density at radius 2 is 1.48 bits per heavy atom. The Bertz CT molecular complexity index is 804. The Hall–Kier alpha value is -1.15. The zero-order valence-corrected chi connectivity index (χ0v) is 17.2. The summed E-state index contributed by atoms with van der Waals surface area (Å²) in [5.74, 6) is -10.3. The number of halogens is 7. The van der Waals surface area contributed by atoms with Crippen LogP contribution in [-0.4, -0.2) is 11.3 Å². The molecule has 0 saturated heterocycles. The molecule has 2 rings (SSSR count). The van der Waals surface area contributed by atoms with Gasteiger partial charge in [0.15, 0.2) is 23.3 Å². The second-order valence-electron chi connectivity index (χ2n) is 5.70. The van der Waals surface area contributed by atoms with Crippen LogP contribution in [0.4, 0.5) is 27.6 Å². The van der Waals surface area contributed by atoms with Crippen LogP contribution < -0.4 is 0 Å². The molecule has 1 N–H and O–H groups in total. The number of rotatable bonds is 4. The van der Waals surface area contributed by atoms with Crippen molar-refractivity contribution in [1.29, 1.82) is 0 Å². The van der Waals surface area contributed by atoms with E-state index in [1.54, 1.807) is 12.1 Å². The molecule has 0 aromatic heterocycles. The van der Waals surface area contributed by atoms with E-state index in [0.717, 1.165) is 6.21 Å². The van der Waals surface area contributed by atoms with Crippen LogP contribution in [0.3, 0.4) is 0 Å². The van der Waals surface area contributed by atoms with Crippen molar-refractivity contribution in [3.8, 4) is 5.75 Å². The second-order valence-corrected chi connectivity index (χ2v) is 8.28. The van der Waals surface area contributed by atoms with E-state index in [2.05, 4.69) is 4.99 Å². The van der Waals surface area contributed by atoms with Crippen LogP contribution in [0.1, 0.15) is 25.0 Å². The van der Waals surface area contributed by atoms with Crippen LogP contribution in [0, 0.1) is 35.0 Å². The van der Waals surface area contributed by atoms with E-state index in [9.17, 15) is 27.1 Å². The number of nitrogens with zero attached hydrogens (tertiary/aromatic N) is 1. The van der Waals surface area contributed by atoms with Gasteiger partial charge in [-0.25, -0.2) is 26.9 Å². The number of para-hydroxylation sites is 1. The number of aromatic hydroxyl groups is 1. The van der Waals surface area contributed by atoms with Gasteiger partial charge in [-0.2, -0.15) is 0 Å². The zero-order valence-electron chi connectivity index (χ0n) is 14.1. The molecule has 27 heavy (non-hydrogen) atoms. The summed E-state index contributed by atoms with van der Waals surface area (Å²) >= 11 is -0.556. The first-order chi connectivity index (χ1) is 12.6. The zero-order chi connectivity index (χ0) is 20.7. The van der Waals surface area contributed by atoms with E-state index < -0.39 is 51.8 Å². The molecule has 0 aliphatic rings. The van der Waals surface area contributed by atoms with Gasteiger partial charge in [-0.05, 0) is 24.0 Å². The molecule has 0 aliphatic carbocycles. The van der Waals surface area contributed by atoms with E-state index >= 15 is 0 Å². The van der Waals surface area contributed by atoms with Gasteiger partial charge < -0.3 is 5.11 Å². The molecule has 0 heterocycles. The molecule has 0 bridgehead atoms. The molecular weight excluding hydrogens is 448 g/mol. The fraction of sp³-hybridized carbons (Fsp3) is 0.235. The summed E-state index contributed by atoms with van der Waals surface area (Å²) in [5.41, 5.74) is -0.608. The average Bonchev–Trinajstić information content (AvgIpc) is 2.61. The molecule has 0 unspecified atom stereocenters. The third kappa shape index (κ3) is 6.17. The van der Waals surface area contributed by atoms with Gasteiger partial charge in [0.05, 0.1) is 0 Å². The first kappa shape index (κ1) is 23.9. The Labute approximate surface area is 169 Å². The third-order valence-electron chi connectivity index (χ3n) is 3.30. The number of hydrogen-bond acceptors (Lipinski definition) is 2. The van der Waals surface area contributed by atoms with Crippen LogP contribution in [0.25, 0.3) is 0 Å². The van der Waals surface area contributed by atoms with Gasteiger partial charge in [0.25, 0.3) is 0 Å². The first-order valence-corrected chi connectivity index (χ1v) is 11.8. The van der Waals surface area contributed by atoms with Crippen molar-refractivity contribution in [2.24, 2.45) is 10.9 Å². The van der Waals surface area contributed by atoms with Crippen LogP contribution in [0.5, 0.6) is 5.75 Å². The quantitative estimate of drug-likeness (QED) is 0.184. The number of hydrogen-bond donors (Lipinski definition) is 1. The predicted octanol–water partition coefficient (Wildman–Crippen LogP) is 6.41. The molecule has 2 aromatic rings. The molecule has 0 atom stereocenters. The molecule has 0 spiro atoms. The minimum atomic E-state index is -2.24. The van der Waals surface area contributed by atoms with Crippen molar-refractivity contribution < 1.29 is 44.1 Å². The SMILES string of the molecule is CC(C)Cc1cccc(C=Nc2c(F)c(F)c(F)c(F)c2F)c1O.[Cl][Ti][Cl]. The standard InChI is InChI=1S/C17H14F5NO.2ClH.Ti/c1-8(2)6-9-4-3-5-10(17(9)24)7-23-16-14(21)12(19)11(18)13(20)15(16)22;;;/h3-5,7-8,24H,6H2,1-2H3;2*1H;/q;;;+2/p-2. The molecular formula is C17H14Cl2F5NOTi. The molecule has 0 saturated carbocycles.